The van der Waals surface area contributed by atoms with E-state index in [0.717, 1.165) is 6.42 Å². The Morgan fingerprint density at radius 2 is 1.42 bits per heavy atom. The van der Waals surface area contributed by atoms with Crippen LogP contribution in [0.5, 0.6) is 0 Å². The van der Waals surface area contributed by atoms with E-state index in [1.165, 1.54) is 0 Å². The van der Waals surface area contributed by atoms with Crippen molar-refractivity contribution in [2.24, 2.45) is 16.7 Å². The summed E-state index contributed by atoms with van der Waals surface area (Å²) in [5.74, 6) is -2.35. The molecule has 2 N–H and O–H groups in total. The van der Waals surface area contributed by atoms with Crippen LogP contribution in [-0.2, 0) is 9.59 Å². The minimum absolute atomic E-state index is 0.0292. The number of aliphatic carboxylic acids is 2. The van der Waals surface area contributed by atoms with Gasteiger partial charge in [-0.15, -0.1) is 0 Å². The summed E-state index contributed by atoms with van der Waals surface area (Å²) in [6, 6.07) is 0. The summed E-state index contributed by atoms with van der Waals surface area (Å²) in [6.45, 7) is 9.54. The van der Waals surface area contributed by atoms with Gasteiger partial charge in [0.15, 0.2) is 5.41 Å². The summed E-state index contributed by atoms with van der Waals surface area (Å²) in [4.78, 5) is 23.7. The molecule has 0 bridgehead atoms. The molecular weight excluding hydrogens is 244 g/mol. The maximum atomic E-state index is 11.9. The molecule has 0 fully saturated rings. The van der Waals surface area contributed by atoms with Crippen LogP contribution in [0.1, 0.15) is 66.7 Å². The minimum Gasteiger partial charge on any atom is -0.480 e. The number of hydrogen-bond acceptors (Lipinski definition) is 2. The Morgan fingerprint density at radius 3 is 1.63 bits per heavy atom. The minimum atomic E-state index is -1.68. The molecule has 0 radical (unpaired) electrons. The molecule has 0 aromatic rings. The number of carbonyl (C=O) groups is 2. The summed E-state index contributed by atoms with van der Waals surface area (Å²) in [6.07, 6.45) is 2.75. The lowest BCUT2D eigenvalue weighted by Gasteiger charge is -2.45. The Labute approximate surface area is 116 Å². The molecule has 0 heterocycles. The Kier molecular flexibility index (Phi) is 6.53. The van der Waals surface area contributed by atoms with Crippen molar-refractivity contribution < 1.29 is 19.8 Å². The molecule has 0 saturated carbocycles. The van der Waals surface area contributed by atoms with Crippen LogP contribution in [-0.4, -0.2) is 22.2 Å². The molecular formula is C15H28O4. The highest BCUT2D eigenvalue weighted by Gasteiger charge is 2.60. The van der Waals surface area contributed by atoms with Gasteiger partial charge in [-0.3, -0.25) is 9.59 Å². The number of carboxylic acid groups (broad SMARTS) is 2. The third-order valence-corrected chi connectivity index (χ3v) is 4.43. The van der Waals surface area contributed by atoms with E-state index in [1.54, 1.807) is 0 Å². The van der Waals surface area contributed by atoms with Crippen LogP contribution in [0, 0.1) is 16.7 Å². The van der Waals surface area contributed by atoms with E-state index in [-0.39, 0.29) is 12.3 Å². The van der Waals surface area contributed by atoms with Crippen molar-refractivity contribution in [1.82, 2.24) is 0 Å². The van der Waals surface area contributed by atoms with Crippen molar-refractivity contribution in [3.63, 3.8) is 0 Å². The second-order valence-electron chi connectivity index (χ2n) is 5.85. The number of hydrogen-bond donors (Lipinski definition) is 2. The molecule has 0 aromatic carbocycles. The molecule has 0 saturated heterocycles. The second kappa shape index (κ2) is 6.92. The highest BCUT2D eigenvalue weighted by molar-refractivity contribution is 5.99. The normalized spacial score (nSPS) is 12.7. The van der Waals surface area contributed by atoms with Crippen molar-refractivity contribution in [1.29, 1.82) is 0 Å². The quantitative estimate of drug-likeness (QED) is 0.626. The molecule has 0 spiro atoms. The highest BCUT2D eigenvalue weighted by Crippen LogP contribution is 2.52. The van der Waals surface area contributed by atoms with E-state index < -0.39 is 22.8 Å². The second-order valence-corrected chi connectivity index (χ2v) is 5.85. The van der Waals surface area contributed by atoms with Gasteiger partial charge in [-0.2, -0.15) is 0 Å². The summed E-state index contributed by atoms with van der Waals surface area (Å²) < 4.78 is 0. The average molecular weight is 272 g/mol. The van der Waals surface area contributed by atoms with Gasteiger partial charge in [0.05, 0.1) is 0 Å². The van der Waals surface area contributed by atoms with Crippen molar-refractivity contribution in [3.8, 4) is 0 Å². The molecule has 0 aliphatic rings. The van der Waals surface area contributed by atoms with E-state index in [2.05, 4.69) is 0 Å². The summed E-state index contributed by atoms with van der Waals surface area (Å²) in [7, 11) is 0. The van der Waals surface area contributed by atoms with Gasteiger partial charge in [-0.1, -0.05) is 41.0 Å². The van der Waals surface area contributed by atoms with Crippen molar-refractivity contribution >= 4 is 11.9 Å². The summed E-state index contributed by atoms with van der Waals surface area (Å²) in [5.41, 5.74) is -2.36. The molecule has 0 aromatic heterocycles. The average Bonchev–Trinajstić information content (AvgIpc) is 2.32. The molecule has 0 amide bonds. The number of carboxylic acids is 2. The Hall–Kier alpha value is -1.06. The lowest BCUT2D eigenvalue weighted by molar-refractivity contribution is -0.180. The zero-order valence-electron chi connectivity index (χ0n) is 12.8. The molecule has 0 rings (SSSR count). The van der Waals surface area contributed by atoms with E-state index >= 15 is 0 Å². The van der Waals surface area contributed by atoms with Gasteiger partial charge in [-0.05, 0) is 37.0 Å². The molecule has 0 aliphatic carbocycles. The zero-order chi connectivity index (χ0) is 15.3. The monoisotopic (exact) mass is 272 g/mol. The molecule has 0 unspecified atom stereocenters. The van der Waals surface area contributed by atoms with Gasteiger partial charge in [0, 0.05) is 0 Å². The third kappa shape index (κ3) is 3.10. The van der Waals surface area contributed by atoms with E-state index in [0.29, 0.717) is 19.3 Å². The van der Waals surface area contributed by atoms with Crippen LogP contribution in [0.4, 0.5) is 0 Å². The van der Waals surface area contributed by atoms with Gasteiger partial charge < -0.3 is 10.2 Å². The zero-order valence-corrected chi connectivity index (χ0v) is 12.8. The van der Waals surface area contributed by atoms with E-state index in [4.69, 9.17) is 0 Å². The first-order chi connectivity index (χ1) is 8.74. The fourth-order valence-corrected chi connectivity index (χ4v) is 3.45. The Balaban J connectivity index is 6.02. The molecule has 112 valence electrons. The topological polar surface area (TPSA) is 74.6 Å². The standard InChI is InChI=1S/C15H28O4/c1-6-9-14(7-2,8-3)15(12(16)17,13(18)19)10-11(4)5/h11H,6-10H2,1-5H3,(H,16,17)(H,18,19). The van der Waals surface area contributed by atoms with Crippen molar-refractivity contribution in [2.45, 2.75) is 66.7 Å². The highest BCUT2D eigenvalue weighted by atomic mass is 16.4. The fraction of sp³-hybridized carbons (Fsp3) is 0.867. The van der Waals surface area contributed by atoms with Crippen LogP contribution < -0.4 is 0 Å². The maximum Gasteiger partial charge on any atom is 0.321 e. The largest absolute Gasteiger partial charge is 0.480 e. The third-order valence-electron chi connectivity index (χ3n) is 4.43. The van der Waals surface area contributed by atoms with Crippen LogP contribution >= 0.6 is 0 Å². The summed E-state index contributed by atoms with van der Waals surface area (Å²) >= 11 is 0. The molecule has 19 heavy (non-hydrogen) atoms. The predicted molar refractivity (Wildman–Crippen MR) is 75.1 cm³/mol. The lowest BCUT2D eigenvalue weighted by atomic mass is 9.55. The molecule has 4 heteroatoms. The summed E-state index contributed by atoms with van der Waals surface area (Å²) in [5, 5.41) is 19.4. The molecule has 4 nitrogen and oxygen atoms in total. The van der Waals surface area contributed by atoms with Gasteiger partial charge in [-0.25, -0.2) is 0 Å². The van der Waals surface area contributed by atoms with Gasteiger partial charge in [0.2, 0.25) is 0 Å². The smallest absolute Gasteiger partial charge is 0.321 e. The molecule has 0 aliphatic heterocycles. The fourth-order valence-electron chi connectivity index (χ4n) is 3.45. The van der Waals surface area contributed by atoms with E-state index in [1.807, 2.05) is 34.6 Å². The van der Waals surface area contributed by atoms with E-state index in [9.17, 15) is 19.8 Å². The molecule has 0 atom stereocenters. The first kappa shape index (κ1) is 17.9. The van der Waals surface area contributed by atoms with Gasteiger partial charge in [0.25, 0.3) is 0 Å². The lowest BCUT2D eigenvalue weighted by Crippen LogP contribution is -2.53. The van der Waals surface area contributed by atoms with Crippen molar-refractivity contribution in [3.05, 3.63) is 0 Å². The van der Waals surface area contributed by atoms with Gasteiger partial charge in [0.1, 0.15) is 0 Å². The van der Waals surface area contributed by atoms with Crippen LogP contribution in [0.2, 0.25) is 0 Å². The first-order valence-corrected chi connectivity index (χ1v) is 7.20. The Morgan fingerprint density at radius 1 is 1.00 bits per heavy atom. The van der Waals surface area contributed by atoms with Gasteiger partial charge >= 0.3 is 11.9 Å². The Bertz CT molecular complexity index is 302. The SMILES string of the molecule is CCCC(CC)(CC)C(CC(C)C)(C(=O)O)C(=O)O. The van der Waals surface area contributed by atoms with Crippen LogP contribution in [0.3, 0.4) is 0 Å². The number of rotatable bonds is 9. The van der Waals surface area contributed by atoms with Crippen LogP contribution in [0.25, 0.3) is 0 Å². The van der Waals surface area contributed by atoms with Crippen molar-refractivity contribution in [2.75, 3.05) is 0 Å². The first-order valence-electron chi connectivity index (χ1n) is 7.20. The van der Waals surface area contributed by atoms with Crippen LogP contribution in [0.15, 0.2) is 0 Å². The predicted octanol–water partition coefficient (Wildman–Crippen LogP) is 3.79. The maximum absolute atomic E-state index is 11.9.